The summed E-state index contributed by atoms with van der Waals surface area (Å²) >= 11 is 2.97. The molecule has 2 aromatic heterocycles. The number of rotatable bonds is 5. The van der Waals surface area contributed by atoms with Crippen LogP contribution in [0.5, 0.6) is 0 Å². The summed E-state index contributed by atoms with van der Waals surface area (Å²) in [5.74, 6) is 1.07. The standard InChI is InChI=1S/C11H14N4OS2/c1-7(9-4-3-5-17-9)12-10(16)6-18-11-13-8(2)14-15-11/h3-5,7H,6H2,1-2H3,(H,12,16)(H,13,14,15). The van der Waals surface area contributed by atoms with Gasteiger partial charge < -0.3 is 5.32 Å². The van der Waals surface area contributed by atoms with E-state index in [1.54, 1.807) is 11.3 Å². The van der Waals surface area contributed by atoms with E-state index in [-0.39, 0.29) is 11.9 Å². The molecule has 1 unspecified atom stereocenters. The molecule has 96 valence electrons. The van der Waals surface area contributed by atoms with Crippen LogP contribution < -0.4 is 5.32 Å². The van der Waals surface area contributed by atoms with Crippen molar-refractivity contribution in [2.45, 2.75) is 25.0 Å². The number of thioether (sulfide) groups is 1. The molecule has 0 saturated heterocycles. The van der Waals surface area contributed by atoms with Gasteiger partial charge in [-0.3, -0.25) is 9.89 Å². The number of carbonyl (C=O) groups excluding carboxylic acids is 1. The lowest BCUT2D eigenvalue weighted by Crippen LogP contribution is -2.27. The predicted octanol–water partition coefficient (Wildman–Crippen LogP) is 2.14. The van der Waals surface area contributed by atoms with Crippen molar-refractivity contribution in [3.63, 3.8) is 0 Å². The Morgan fingerprint density at radius 1 is 1.67 bits per heavy atom. The summed E-state index contributed by atoms with van der Waals surface area (Å²) in [4.78, 5) is 17.0. The number of carbonyl (C=O) groups is 1. The molecule has 2 heterocycles. The molecule has 0 aromatic carbocycles. The number of hydrogen-bond acceptors (Lipinski definition) is 5. The SMILES string of the molecule is Cc1nc(SCC(=O)NC(C)c2cccs2)n[nH]1. The van der Waals surface area contributed by atoms with E-state index in [0.717, 1.165) is 10.7 Å². The number of thiophene rings is 1. The van der Waals surface area contributed by atoms with Crippen LogP contribution in [0.25, 0.3) is 0 Å². The molecule has 0 spiro atoms. The molecule has 0 radical (unpaired) electrons. The van der Waals surface area contributed by atoms with Crippen LogP contribution in [-0.4, -0.2) is 26.8 Å². The minimum absolute atomic E-state index is 0.0108. The molecule has 18 heavy (non-hydrogen) atoms. The molecular formula is C11H14N4OS2. The number of hydrogen-bond donors (Lipinski definition) is 2. The van der Waals surface area contributed by atoms with Crippen molar-refractivity contribution in [1.82, 2.24) is 20.5 Å². The summed E-state index contributed by atoms with van der Waals surface area (Å²) in [5.41, 5.74) is 0. The Morgan fingerprint density at radius 2 is 2.50 bits per heavy atom. The zero-order valence-electron chi connectivity index (χ0n) is 10.1. The Bertz CT molecular complexity index is 509. The molecule has 1 atom stereocenters. The van der Waals surface area contributed by atoms with E-state index < -0.39 is 0 Å². The summed E-state index contributed by atoms with van der Waals surface area (Å²) in [5, 5.41) is 12.3. The predicted molar refractivity (Wildman–Crippen MR) is 72.7 cm³/mol. The third kappa shape index (κ3) is 3.58. The second-order valence-corrected chi connectivity index (χ2v) is 5.72. The van der Waals surface area contributed by atoms with Gasteiger partial charge in [-0.25, -0.2) is 4.98 Å². The van der Waals surface area contributed by atoms with Gasteiger partial charge >= 0.3 is 0 Å². The highest BCUT2D eigenvalue weighted by atomic mass is 32.2. The second kappa shape index (κ2) is 6.01. The van der Waals surface area contributed by atoms with Gasteiger partial charge in [0.15, 0.2) is 0 Å². The molecule has 0 fully saturated rings. The van der Waals surface area contributed by atoms with E-state index >= 15 is 0 Å². The van der Waals surface area contributed by atoms with E-state index in [4.69, 9.17) is 0 Å². The van der Waals surface area contributed by atoms with Gasteiger partial charge in [-0.15, -0.1) is 16.4 Å². The smallest absolute Gasteiger partial charge is 0.230 e. The van der Waals surface area contributed by atoms with Crippen LogP contribution in [0.3, 0.4) is 0 Å². The normalized spacial score (nSPS) is 12.3. The van der Waals surface area contributed by atoms with Crippen LogP contribution in [0.2, 0.25) is 0 Å². The first kappa shape index (κ1) is 13.1. The van der Waals surface area contributed by atoms with Crippen LogP contribution in [0.4, 0.5) is 0 Å². The number of aromatic nitrogens is 3. The number of nitrogens with zero attached hydrogens (tertiary/aromatic N) is 2. The van der Waals surface area contributed by atoms with Crippen LogP contribution in [0, 0.1) is 6.92 Å². The average Bonchev–Trinajstić information content (AvgIpc) is 2.97. The van der Waals surface area contributed by atoms with Crippen molar-refractivity contribution in [2.24, 2.45) is 0 Å². The summed E-state index contributed by atoms with van der Waals surface area (Å²) in [6.45, 7) is 3.81. The fourth-order valence-electron chi connectivity index (χ4n) is 1.41. The highest BCUT2D eigenvalue weighted by Gasteiger charge is 2.11. The van der Waals surface area contributed by atoms with Crippen LogP contribution >= 0.6 is 23.1 Å². The highest BCUT2D eigenvalue weighted by molar-refractivity contribution is 7.99. The molecule has 5 nitrogen and oxygen atoms in total. The first-order chi connectivity index (χ1) is 8.65. The average molecular weight is 282 g/mol. The first-order valence-electron chi connectivity index (χ1n) is 5.49. The number of H-pyrrole nitrogens is 1. The Kier molecular flexibility index (Phi) is 4.38. The van der Waals surface area contributed by atoms with Crippen molar-refractivity contribution >= 4 is 29.0 Å². The van der Waals surface area contributed by atoms with Crippen molar-refractivity contribution in [3.05, 3.63) is 28.2 Å². The van der Waals surface area contributed by atoms with Gasteiger partial charge in [-0.1, -0.05) is 17.8 Å². The third-order valence-electron chi connectivity index (χ3n) is 2.26. The maximum absolute atomic E-state index is 11.7. The maximum atomic E-state index is 11.7. The lowest BCUT2D eigenvalue weighted by Gasteiger charge is -2.11. The Morgan fingerprint density at radius 3 is 3.11 bits per heavy atom. The van der Waals surface area contributed by atoms with E-state index in [1.807, 2.05) is 31.4 Å². The van der Waals surface area contributed by atoms with Gasteiger partial charge in [0.1, 0.15) is 5.82 Å². The van der Waals surface area contributed by atoms with Gasteiger partial charge in [0.25, 0.3) is 0 Å². The maximum Gasteiger partial charge on any atom is 0.230 e. The topological polar surface area (TPSA) is 70.7 Å². The number of amides is 1. The van der Waals surface area contributed by atoms with Crippen LogP contribution in [0.15, 0.2) is 22.7 Å². The lowest BCUT2D eigenvalue weighted by molar-refractivity contribution is -0.119. The Hall–Kier alpha value is -1.34. The van der Waals surface area contributed by atoms with Crippen LogP contribution in [0.1, 0.15) is 23.7 Å². The lowest BCUT2D eigenvalue weighted by atomic mass is 10.3. The molecule has 0 aliphatic rings. The molecule has 2 aromatic rings. The van der Waals surface area contributed by atoms with E-state index in [1.165, 1.54) is 11.8 Å². The minimum Gasteiger partial charge on any atom is -0.348 e. The minimum atomic E-state index is -0.0108. The zero-order chi connectivity index (χ0) is 13.0. The van der Waals surface area contributed by atoms with Gasteiger partial charge in [0.05, 0.1) is 11.8 Å². The molecule has 1 amide bonds. The van der Waals surface area contributed by atoms with Gasteiger partial charge in [-0.2, -0.15) is 0 Å². The number of aryl methyl sites for hydroxylation is 1. The molecular weight excluding hydrogens is 268 g/mol. The van der Waals surface area contributed by atoms with E-state index in [0.29, 0.717) is 10.9 Å². The quantitative estimate of drug-likeness (QED) is 0.824. The molecule has 0 saturated carbocycles. The third-order valence-corrected chi connectivity index (χ3v) is 4.16. The largest absolute Gasteiger partial charge is 0.348 e. The van der Waals surface area contributed by atoms with Crippen LogP contribution in [-0.2, 0) is 4.79 Å². The summed E-state index contributed by atoms with van der Waals surface area (Å²) in [7, 11) is 0. The van der Waals surface area contributed by atoms with Crippen molar-refractivity contribution in [2.75, 3.05) is 5.75 Å². The Labute approximate surface area is 113 Å². The van der Waals surface area contributed by atoms with Gasteiger partial charge in [-0.05, 0) is 25.3 Å². The highest BCUT2D eigenvalue weighted by Crippen LogP contribution is 2.18. The molecule has 0 aliphatic heterocycles. The summed E-state index contributed by atoms with van der Waals surface area (Å²) in [6, 6.07) is 4.04. The van der Waals surface area contributed by atoms with Crippen molar-refractivity contribution in [3.8, 4) is 0 Å². The van der Waals surface area contributed by atoms with E-state index in [9.17, 15) is 4.79 Å². The molecule has 0 aliphatic carbocycles. The Balaban J connectivity index is 1.78. The first-order valence-corrected chi connectivity index (χ1v) is 7.36. The molecule has 2 rings (SSSR count). The monoisotopic (exact) mass is 282 g/mol. The summed E-state index contributed by atoms with van der Waals surface area (Å²) in [6.07, 6.45) is 0. The second-order valence-electron chi connectivity index (χ2n) is 3.80. The molecule has 0 bridgehead atoms. The number of aromatic amines is 1. The molecule has 2 N–H and O–H groups in total. The zero-order valence-corrected chi connectivity index (χ0v) is 11.8. The van der Waals surface area contributed by atoms with Gasteiger partial charge in [0, 0.05) is 4.88 Å². The van der Waals surface area contributed by atoms with Crippen molar-refractivity contribution in [1.29, 1.82) is 0 Å². The van der Waals surface area contributed by atoms with E-state index in [2.05, 4.69) is 20.5 Å². The fraction of sp³-hybridized carbons (Fsp3) is 0.364. The van der Waals surface area contributed by atoms with Gasteiger partial charge in [0.2, 0.25) is 11.1 Å². The fourth-order valence-corrected chi connectivity index (χ4v) is 2.80. The summed E-state index contributed by atoms with van der Waals surface area (Å²) < 4.78 is 0. The van der Waals surface area contributed by atoms with Crippen molar-refractivity contribution < 1.29 is 4.79 Å². The number of nitrogens with one attached hydrogen (secondary N) is 2. The molecule has 7 heteroatoms.